The van der Waals surface area contributed by atoms with E-state index in [0.717, 1.165) is 36.1 Å². The lowest BCUT2D eigenvalue weighted by molar-refractivity contribution is -0.121. The maximum absolute atomic E-state index is 13.6. The Morgan fingerprint density at radius 1 is 0.863 bits per heavy atom. The molecule has 2 fully saturated rings. The highest BCUT2D eigenvalue weighted by Crippen LogP contribution is 2.57. The van der Waals surface area contributed by atoms with Gasteiger partial charge in [0.15, 0.2) is 17.0 Å². The Kier molecular flexibility index (Phi) is 14.0. The fraction of sp³-hybridized carbons (Fsp3) is 0.365. The van der Waals surface area contributed by atoms with Gasteiger partial charge in [-0.1, -0.05) is 36.8 Å². The molecule has 20 nitrogen and oxygen atoms in total. The van der Waals surface area contributed by atoms with Crippen LogP contribution in [0.3, 0.4) is 0 Å². The predicted molar refractivity (Wildman–Crippen MR) is 267 cm³/mol. The van der Waals surface area contributed by atoms with Crippen LogP contribution in [0.5, 0.6) is 17.4 Å². The topological polar surface area (TPSA) is 291 Å². The van der Waals surface area contributed by atoms with E-state index in [1.807, 2.05) is 36.0 Å². The molecular formula is C52H54N10O10S. The zero-order valence-corrected chi connectivity index (χ0v) is 40.5. The number of nitrogen functional groups attached to an aromatic ring is 1. The largest absolute Gasteiger partial charge is 0.508 e. The molecule has 2 aromatic heterocycles. The number of esters is 1. The number of thioether (sulfide) groups is 1. The number of rotatable bonds is 20. The number of anilines is 1. The van der Waals surface area contributed by atoms with E-state index in [0.29, 0.717) is 85.0 Å². The number of aromatic nitrogens is 4. The molecule has 9 N–H and O–H groups in total. The number of fused-ring (bicyclic) bond motifs is 8. The molecule has 2 unspecified atom stereocenters. The molecule has 0 radical (unpaired) electrons. The summed E-state index contributed by atoms with van der Waals surface area (Å²) in [7, 11) is 0. The second-order valence-corrected chi connectivity index (χ2v) is 19.9. The summed E-state index contributed by atoms with van der Waals surface area (Å²) in [5, 5.41) is 25.5. The second-order valence-electron chi connectivity index (χ2n) is 18.6. The lowest BCUT2D eigenvalue weighted by atomic mass is 9.71. The number of hydrogen-bond acceptors (Lipinski definition) is 15. The second kappa shape index (κ2) is 21.0. The number of aryl methyl sites for hydroxylation is 1. The molecule has 3 aromatic carbocycles. The number of imidazole rings is 1. The smallest absolute Gasteiger partial charge is 0.339 e. The van der Waals surface area contributed by atoms with Gasteiger partial charge in [0, 0.05) is 78.7 Å². The van der Waals surface area contributed by atoms with Crippen LogP contribution >= 0.6 is 11.8 Å². The number of allylic oxidation sites excluding steroid dienone is 2. The molecule has 0 bridgehead atoms. The number of ketones is 1. The number of phenols is 1. The Balaban J connectivity index is 0.651. The molecular weight excluding hydrogens is 957 g/mol. The fourth-order valence-electron chi connectivity index (χ4n) is 9.97. The van der Waals surface area contributed by atoms with Gasteiger partial charge in [0.1, 0.15) is 35.2 Å². The van der Waals surface area contributed by atoms with Crippen LogP contribution in [-0.4, -0.2) is 96.7 Å². The van der Waals surface area contributed by atoms with Crippen molar-refractivity contribution in [2.75, 3.05) is 24.6 Å². The summed E-state index contributed by atoms with van der Waals surface area (Å²) in [4.78, 5) is 92.1. The van der Waals surface area contributed by atoms with Gasteiger partial charge in [-0.2, -0.15) is 21.7 Å². The van der Waals surface area contributed by atoms with Crippen molar-refractivity contribution in [3.05, 3.63) is 124 Å². The number of nitrogens with two attached hydrogens (primary N) is 1. The quantitative estimate of drug-likeness (QED) is 0.0299. The summed E-state index contributed by atoms with van der Waals surface area (Å²) in [6.07, 6.45) is 10.4. The van der Waals surface area contributed by atoms with Gasteiger partial charge in [-0.25, -0.2) is 14.6 Å². The molecule has 2 saturated heterocycles. The molecule has 5 atom stereocenters. The minimum atomic E-state index is -1.45. The van der Waals surface area contributed by atoms with Crippen molar-refractivity contribution >= 4 is 64.4 Å². The first-order valence-corrected chi connectivity index (χ1v) is 25.5. The van der Waals surface area contributed by atoms with Gasteiger partial charge in [0.25, 0.3) is 5.91 Å². The molecule has 5 aromatic rings. The van der Waals surface area contributed by atoms with Gasteiger partial charge in [-0.05, 0) is 79.6 Å². The fourth-order valence-corrected chi connectivity index (χ4v) is 11.5. The van der Waals surface area contributed by atoms with E-state index in [4.69, 9.17) is 19.9 Å². The summed E-state index contributed by atoms with van der Waals surface area (Å²) < 4.78 is 18.3. The van der Waals surface area contributed by atoms with Crippen molar-refractivity contribution < 1.29 is 48.1 Å². The van der Waals surface area contributed by atoms with Gasteiger partial charge >= 0.3 is 12.0 Å². The summed E-state index contributed by atoms with van der Waals surface area (Å²) in [6.45, 7) is 1.34. The molecule has 10 rings (SSSR count). The van der Waals surface area contributed by atoms with Crippen molar-refractivity contribution in [1.29, 1.82) is 0 Å². The first-order chi connectivity index (χ1) is 35.4. The first-order valence-electron chi connectivity index (χ1n) is 24.5. The maximum Gasteiger partial charge on any atom is 0.339 e. The highest BCUT2D eigenvalue weighted by atomic mass is 32.2. The van der Waals surface area contributed by atoms with E-state index in [1.165, 1.54) is 24.3 Å². The third-order valence-electron chi connectivity index (χ3n) is 13.6. The van der Waals surface area contributed by atoms with Crippen LogP contribution in [0.4, 0.5) is 10.7 Å². The zero-order chi connectivity index (χ0) is 50.6. The first kappa shape index (κ1) is 48.7. The van der Waals surface area contributed by atoms with Gasteiger partial charge in [0.2, 0.25) is 23.6 Å². The van der Waals surface area contributed by atoms with E-state index in [9.17, 15) is 33.9 Å². The number of nitrogens with zero attached hydrogens (tertiary/aromatic N) is 3. The van der Waals surface area contributed by atoms with Crippen molar-refractivity contribution in [1.82, 2.24) is 46.5 Å². The summed E-state index contributed by atoms with van der Waals surface area (Å²) in [5.74, 6) is 0.239. The van der Waals surface area contributed by atoms with E-state index in [1.54, 1.807) is 30.3 Å². The molecule has 4 aliphatic heterocycles. The molecule has 0 saturated carbocycles. The number of ether oxygens (including phenoxy) is 3. The summed E-state index contributed by atoms with van der Waals surface area (Å²) >= 11 is 1.88. The molecule has 1 spiro atoms. The Morgan fingerprint density at radius 3 is 2.47 bits per heavy atom. The highest BCUT2D eigenvalue weighted by molar-refractivity contribution is 8.00. The van der Waals surface area contributed by atoms with Crippen molar-refractivity contribution in [3.8, 4) is 17.4 Å². The standard InChI is InChI=1S/C52H54N10O10S/c53-50-61-46-45(58-41(59-46)7-5-21-55-43(66)9-3-4-20-54-42(65)8-2-1-6-40-44-37(27-73-40)57-51(69)60-44)48(62-50)70-26-29-12-10-28(11-13-29)25-56-47(67)30-14-17-33-36(22-30)52(72-49(33)68)34-18-15-31(63)23-38(34)71-39-24-32(64)16-19-35(39)52/h10-19,22-24,34,37,40,44,64H,1-9,20-21,25-27H2,(H,54,65)(H,55,66)(H,56,67)(H2,57,60,69)(H3,53,58,59,61,62)/t34?,37-,40-,44-,52?/m1/s1. The van der Waals surface area contributed by atoms with Crippen molar-refractivity contribution in [3.63, 3.8) is 0 Å². The molecule has 378 valence electrons. The molecule has 1 aliphatic carbocycles. The predicted octanol–water partition coefficient (Wildman–Crippen LogP) is 4.66. The monoisotopic (exact) mass is 1010 g/mol. The van der Waals surface area contributed by atoms with E-state index in [2.05, 4.69) is 46.5 Å². The number of carbonyl (C=O) groups is 6. The average Bonchev–Trinajstić information content (AvgIpc) is 4.14. The highest BCUT2D eigenvalue weighted by Gasteiger charge is 2.58. The van der Waals surface area contributed by atoms with E-state index < -0.39 is 17.5 Å². The number of amides is 5. The van der Waals surface area contributed by atoms with Crippen LogP contribution in [0.25, 0.3) is 11.2 Å². The lowest BCUT2D eigenvalue weighted by Crippen LogP contribution is -2.42. The molecule has 5 amide bonds. The Bertz CT molecular complexity index is 3070. The number of hydrogen-bond donors (Lipinski definition) is 8. The number of benzene rings is 3. The van der Waals surface area contributed by atoms with Crippen LogP contribution in [0, 0.1) is 5.92 Å². The minimum absolute atomic E-state index is 0.00457. The van der Waals surface area contributed by atoms with E-state index in [-0.39, 0.29) is 95.0 Å². The number of carbonyl (C=O) groups excluding carboxylic acids is 6. The third-order valence-corrected chi connectivity index (χ3v) is 15.1. The number of unbranched alkanes of at least 4 members (excludes halogenated alkanes) is 2. The van der Waals surface area contributed by atoms with Crippen LogP contribution in [0.2, 0.25) is 0 Å². The maximum atomic E-state index is 13.6. The number of H-pyrrole nitrogens is 1. The van der Waals surface area contributed by atoms with E-state index >= 15 is 0 Å². The Hall–Kier alpha value is -7.94. The minimum Gasteiger partial charge on any atom is -0.508 e. The molecule has 73 heavy (non-hydrogen) atoms. The Labute approximate surface area is 423 Å². The van der Waals surface area contributed by atoms with Crippen molar-refractivity contribution in [2.24, 2.45) is 5.92 Å². The van der Waals surface area contributed by atoms with Crippen LogP contribution in [0.1, 0.15) is 100 Å². The Morgan fingerprint density at radius 2 is 1.64 bits per heavy atom. The number of urea groups is 1. The summed E-state index contributed by atoms with van der Waals surface area (Å²) in [6, 6.07) is 17.0. The van der Waals surface area contributed by atoms with Crippen LogP contribution in [-0.2, 0) is 44.3 Å². The molecule has 5 aliphatic rings. The van der Waals surface area contributed by atoms with Gasteiger partial charge in [-0.3, -0.25) is 19.2 Å². The number of nitrogens with one attached hydrogen (secondary N) is 6. The van der Waals surface area contributed by atoms with Crippen LogP contribution in [0.15, 0.2) is 84.7 Å². The molecule has 6 heterocycles. The zero-order valence-electron chi connectivity index (χ0n) is 39.7. The SMILES string of the molecule is Nc1nc(OCc2ccc(CNC(=O)c3ccc4c(c3)C3(OC4=O)c4ccc(O)cc4OC4=CC(=O)C=CC43)cc2)c2[nH]c(CCCNC(=O)CCCCNC(=O)CCCC[C@H]3SC[C@H]4NC(=O)N[C@H]43)nc2n1. The number of aromatic hydroxyl groups is 1. The van der Waals surface area contributed by atoms with Gasteiger partial charge < -0.3 is 56.6 Å². The number of aromatic amines is 1. The van der Waals surface area contributed by atoms with Gasteiger partial charge in [0.05, 0.1) is 23.6 Å². The van der Waals surface area contributed by atoms with Gasteiger partial charge in [-0.15, -0.1) is 0 Å². The lowest BCUT2D eigenvalue weighted by Gasteiger charge is -2.42. The van der Waals surface area contributed by atoms with Crippen LogP contribution < -0.4 is 41.8 Å². The average molecular weight is 1010 g/mol. The molecule has 21 heteroatoms. The number of phenolic OH excluding ortho intramolecular Hbond substituents is 1. The third kappa shape index (κ3) is 10.5. The van der Waals surface area contributed by atoms with Crippen molar-refractivity contribution in [2.45, 2.75) is 93.9 Å². The summed E-state index contributed by atoms with van der Waals surface area (Å²) in [5.41, 5.74) is 8.54. The normalized spacial score (nSPS) is 21.0.